The Morgan fingerprint density at radius 1 is 1.33 bits per heavy atom. The Kier molecular flexibility index (Phi) is 3.14. The first kappa shape index (κ1) is 12.8. The molecule has 2 aliphatic heterocycles. The molecule has 2 bridgehead atoms. The standard InChI is InChI=1S/C12H15IO5/c13-8-5-12(16-3-4-17-12)11(1-2-14)6-9(8)18-10(15)7-11/h2,8-9H,1,3-7H2/t8-,9-,11+/m0/s1. The Balaban J connectivity index is 2.01. The lowest BCUT2D eigenvalue weighted by Crippen LogP contribution is -2.62. The molecule has 2 heterocycles. The summed E-state index contributed by atoms with van der Waals surface area (Å²) in [6.45, 7) is 1.06. The molecule has 3 aliphatic rings. The minimum absolute atomic E-state index is 0.120. The molecule has 0 N–H and O–H groups in total. The second kappa shape index (κ2) is 4.42. The summed E-state index contributed by atoms with van der Waals surface area (Å²) in [5, 5.41) is 0. The molecular formula is C12H15IO5. The van der Waals surface area contributed by atoms with Gasteiger partial charge in [0.2, 0.25) is 0 Å². The summed E-state index contributed by atoms with van der Waals surface area (Å²) in [5.74, 6) is -1.01. The van der Waals surface area contributed by atoms with Gasteiger partial charge >= 0.3 is 5.97 Å². The molecule has 0 aromatic carbocycles. The van der Waals surface area contributed by atoms with Crippen LogP contribution in [0.5, 0.6) is 0 Å². The zero-order valence-corrected chi connectivity index (χ0v) is 12.1. The van der Waals surface area contributed by atoms with Crippen LogP contribution in [0.3, 0.4) is 0 Å². The highest BCUT2D eigenvalue weighted by Gasteiger charge is 2.64. The molecule has 1 spiro atoms. The van der Waals surface area contributed by atoms with Crippen LogP contribution in [0.15, 0.2) is 0 Å². The molecule has 3 fully saturated rings. The van der Waals surface area contributed by atoms with E-state index in [2.05, 4.69) is 22.6 Å². The number of carbonyl (C=O) groups excluding carboxylic acids is 2. The van der Waals surface area contributed by atoms with Crippen molar-refractivity contribution in [1.29, 1.82) is 0 Å². The van der Waals surface area contributed by atoms with Crippen molar-refractivity contribution in [1.82, 2.24) is 0 Å². The number of fused-ring (bicyclic) bond motifs is 3. The number of esters is 1. The second-order valence-corrected chi connectivity index (χ2v) is 6.83. The quantitative estimate of drug-likeness (QED) is 0.318. The average Bonchev–Trinajstić information content (AvgIpc) is 2.77. The highest BCUT2D eigenvalue weighted by molar-refractivity contribution is 14.1. The Morgan fingerprint density at radius 3 is 2.72 bits per heavy atom. The van der Waals surface area contributed by atoms with Crippen molar-refractivity contribution in [2.45, 2.75) is 41.5 Å². The molecule has 0 aromatic heterocycles. The number of carbonyl (C=O) groups is 2. The fraction of sp³-hybridized carbons (Fsp3) is 0.833. The molecule has 100 valence electrons. The topological polar surface area (TPSA) is 61.8 Å². The predicted octanol–water partition coefficient (Wildman–Crippen LogP) is 1.22. The van der Waals surface area contributed by atoms with E-state index >= 15 is 0 Å². The molecule has 3 atom stereocenters. The molecule has 2 saturated heterocycles. The molecule has 18 heavy (non-hydrogen) atoms. The lowest BCUT2D eigenvalue weighted by atomic mass is 9.63. The van der Waals surface area contributed by atoms with Gasteiger partial charge in [0.05, 0.1) is 23.6 Å². The number of ether oxygens (including phenoxy) is 3. The number of aldehydes is 1. The summed E-state index contributed by atoms with van der Waals surface area (Å²) in [7, 11) is 0. The summed E-state index contributed by atoms with van der Waals surface area (Å²) in [6, 6.07) is 0. The van der Waals surface area contributed by atoms with Gasteiger partial charge < -0.3 is 19.0 Å². The Hall–Kier alpha value is -0.210. The zero-order valence-electron chi connectivity index (χ0n) is 9.89. The summed E-state index contributed by atoms with van der Waals surface area (Å²) in [6.07, 6.45) is 2.60. The van der Waals surface area contributed by atoms with E-state index in [1.807, 2.05) is 0 Å². The first-order chi connectivity index (χ1) is 8.61. The highest BCUT2D eigenvalue weighted by Crippen LogP contribution is 2.57. The Morgan fingerprint density at radius 2 is 2.06 bits per heavy atom. The number of halogens is 1. The molecule has 0 radical (unpaired) electrons. The third-order valence-electron chi connectivity index (χ3n) is 4.26. The lowest BCUT2D eigenvalue weighted by Gasteiger charge is -2.54. The van der Waals surface area contributed by atoms with Gasteiger partial charge in [-0.05, 0) is 6.42 Å². The SMILES string of the molecule is O=CC[C@]12CC(=O)O[C@@H](C1)[C@@H](I)CC21OCCO1. The van der Waals surface area contributed by atoms with Crippen LogP contribution >= 0.6 is 22.6 Å². The van der Waals surface area contributed by atoms with Gasteiger partial charge in [-0.25, -0.2) is 0 Å². The van der Waals surface area contributed by atoms with E-state index in [1.165, 1.54) is 0 Å². The van der Waals surface area contributed by atoms with Crippen molar-refractivity contribution in [2.75, 3.05) is 13.2 Å². The largest absolute Gasteiger partial charge is 0.461 e. The van der Waals surface area contributed by atoms with E-state index < -0.39 is 11.2 Å². The zero-order chi connectivity index (χ0) is 12.8. The van der Waals surface area contributed by atoms with Crippen LogP contribution in [0.2, 0.25) is 0 Å². The first-order valence-corrected chi connectivity index (χ1v) is 7.40. The third-order valence-corrected chi connectivity index (χ3v) is 5.50. The number of alkyl halides is 1. The van der Waals surface area contributed by atoms with Crippen molar-refractivity contribution in [3.8, 4) is 0 Å². The summed E-state index contributed by atoms with van der Waals surface area (Å²) in [4.78, 5) is 22.8. The molecule has 6 heteroatoms. The minimum Gasteiger partial charge on any atom is -0.461 e. The molecule has 1 saturated carbocycles. The predicted molar refractivity (Wildman–Crippen MR) is 69.3 cm³/mol. The van der Waals surface area contributed by atoms with Crippen molar-refractivity contribution in [3.63, 3.8) is 0 Å². The lowest BCUT2D eigenvalue weighted by molar-refractivity contribution is -0.280. The summed E-state index contributed by atoms with van der Waals surface area (Å²) < 4.78 is 17.2. The van der Waals surface area contributed by atoms with Crippen molar-refractivity contribution >= 4 is 34.8 Å². The maximum Gasteiger partial charge on any atom is 0.306 e. The van der Waals surface area contributed by atoms with Gasteiger partial charge in [0.15, 0.2) is 5.79 Å². The van der Waals surface area contributed by atoms with E-state index in [0.29, 0.717) is 32.5 Å². The van der Waals surface area contributed by atoms with Gasteiger partial charge in [-0.1, -0.05) is 22.6 Å². The van der Waals surface area contributed by atoms with Gasteiger partial charge in [0.1, 0.15) is 12.4 Å². The van der Waals surface area contributed by atoms with Crippen molar-refractivity contribution in [3.05, 3.63) is 0 Å². The fourth-order valence-electron chi connectivity index (χ4n) is 3.43. The Bertz CT molecular complexity index is 379. The first-order valence-electron chi connectivity index (χ1n) is 6.16. The molecule has 1 aliphatic carbocycles. The molecule has 0 aromatic rings. The van der Waals surface area contributed by atoms with E-state index in [0.717, 1.165) is 6.29 Å². The smallest absolute Gasteiger partial charge is 0.306 e. The van der Waals surface area contributed by atoms with E-state index in [9.17, 15) is 9.59 Å². The summed E-state index contributed by atoms with van der Waals surface area (Å²) in [5.41, 5.74) is -0.535. The van der Waals surface area contributed by atoms with Gasteiger partial charge in [-0.3, -0.25) is 4.79 Å². The number of rotatable bonds is 2. The molecule has 5 nitrogen and oxygen atoms in total. The average molecular weight is 366 g/mol. The monoisotopic (exact) mass is 366 g/mol. The maximum atomic E-state index is 11.8. The van der Waals surface area contributed by atoms with Crippen LogP contribution in [0, 0.1) is 5.41 Å². The van der Waals surface area contributed by atoms with E-state index in [4.69, 9.17) is 14.2 Å². The highest BCUT2D eigenvalue weighted by atomic mass is 127. The molecule has 3 rings (SSSR count). The summed E-state index contributed by atoms with van der Waals surface area (Å²) >= 11 is 2.28. The van der Waals surface area contributed by atoms with Crippen LogP contribution in [-0.2, 0) is 23.8 Å². The van der Waals surface area contributed by atoms with Gasteiger partial charge in [-0.2, -0.15) is 0 Å². The van der Waals surface area contributed by atoms with E-state index in [-0.39, 0.29) is 22.4 Å². The van der Waals surface area contributed by atoms with Crippen molar-refractivity contribution < 1.29 is 23.8 Å². The van der Waals surface area contributed by atoms with Gasteiger partial charge in [-0.15, -0.1) is 0 Å². The van der Waals surface area contributed by atoms with Crippen molar-refractivity contribution in [2.24, 2.45) is 5.41 Å². The van der Waals surface area contributed by atoms with E-state index in [1.54, 1.807) is 0 Å². The van der Waals surface area contributed by atoms with Gasteiger partial charge in [0.25, 0.3) is 0 Å². The second-order valence-electron chi connectivity index (χ2n) is 5.23. The van der Waals surface area contributed by atoms with Crippen LogP contribution in [-0.4, -0.2) is 41.3 Å². The van der Waals surface area contributed by atoms with Crippen LogP contribution in [0.4, 0.5) is 0 Å². The van der Waals surface area contributed by atoms with Crippen LogP contribution < -0.4 is 0 Å². The normalized spacial score (nSPS) is 41.7. The van der Waals surface area contributed by atoms with Crippen LogP contribution in [0.25, 0.3) is 0 Å². The number of hydrogen-bond donors (Lipinski definition) is 0. The molecular weight excluding hydrogens is 351 g/mol. The maximum absolute atomic E-state index is 11.8. The Labute approximate surface area is 119 Å². The molecule has 0 amide bonds. The fourth-order valence-corrected chi connectivity index (χ4v) is 4.41. The van der Waals surface area contributed by atoms with Gasteiger partial charge in [0, 0.05) is 18.3 Å². The minimum atomic E-state index is -0.768. The van der Waals surface area contributed by atoms with Crippen LogP contribution in [0.1, 0.15) is 25.7 Å². The molecule has 0 unspecified atom stereocenters. The third kappa shape index (κ3) is 1.72. The number of hydrogen-bond acceptors (Lipinski definition) is 5.